The van der Waals surface area contributed by atoms with Crippen molar-refractivity contribution in [2.24, 2.45) is 4.99 Å². The first-order chi connectivity index (χ1) is 14.0. The molecule has 4 heterocycles. The van der Waals surface area contributed by atoms with Gasteiger partial charge in [-0.25, -0.2) is 9.79 Å². The maximum atomic E-state index is 12.7. The van der Waals surface area contributed by atoms with Gasteiger partial charge in [-0.1, -0.05) is 35.9 Å². The molecule has 2 unspecified atom stereocenters. The minimum Gasteiger partial charge on any atom is -0.343 e. The standard InChI is InChI=1S/C18H27N7O2S2/c1-12-21-22-18(29-12)28-11-7-10-25-13-14(23(2)17(27)20-15(13)26)19-16(25)24-8-5-3-4-6-9-24/h13-14H,3-11H2,1-2H3,(H,20,26,27). The third-order valence-electron chi connectivity index (χ3n) is 5.50. The molecule has 4 rings (SSSR count). The van der Waals surface area contributed by atoms with Crippen LogP contribution in [0.3, 0.4) is 0 Å². The number of carbonyl (C=O) groups is 2. The van der Waals surface area contributed by atoms with E-state index in [1.165, 1.54) is 12.8 Å². The molecule has 2 saturated heterocycles. The second-order valence-corrected chi connectivity index (χ2v) is 10.1. The molecule has 0 radical (unpaired) electrons. The summed E-state index contributed by atoms with van der Waals surface area (Å²) in [6.45, 7) is 4.58. The van der Waals surface area contributed by atoms with Crippen molar-refractivity contribution in [2.45, 2.75) is 55.6 Å². The maximum absolute atomic E-state index is 12.7. The van der Waals surface area contributed by atoms with Gasteiger partial charge in [0.15, 0.2) is 22.5 Å². The summed E-state index contributed by atoms with van der Waals surface area (Å²) in [5.74, 6) is 1.51. The molecule has 3 aliphatic heterocycles. The predicted octanol–water partition coefficient (Wildman–Crippen LogP) is 1.75. The van der Waals surface area contributed by atoms with E-state index in [1.807, 2.05) is 6.92 Å². The van der Waals surface area contributed by atoms with Crippen LogP contribution < -0.4 is 5.32 Å². The Morgan fingerprint density at radius 2 is 1.93 bits per heavy atom. The Bertz CT molecular complexity index is 791. The van der Waals surface area contributed by atoms with Crippen LogP contribution in [0.25, 0.3) is 0 Å². The molecule has 1 N–H and O–H groups in total. The van der Waals surface area contributed by atoms with Gasteiger partial charge in [0.25, 0.3) is 5.91 Å². The van der Waals surface area contributed by atoms with Crippen LogP contribution in [0.1, 0.15) is 37.1 Å². The number of thioether (sulfide) groups is 1. The number of imide groups is 1. The molecule has 158 valence electrons. The maximum Gasteiger partial charge on any atom is 0.325 e. The van der Waals surface area contributed by atoms with Crippen LogP contribution in [-0.2, 0) is 4.79 Å². The molecule has 1 aromatic rings. The lowest BCUT2D eigenvalue weighted by Gasteiger charge is -2.37. The summed E-state index contributed by atoms with van der Waals surface area (Å²) < 4.78 is 0.976. The number of carbonyl (C=O) groups excluding carboxylic acids is 2. The molecule has 0 bridgehead atoms. The van der Waals surface area contributed by atoms with E-state index >= 15 is 0 Å². The Labute approximate surface area is 178 Å². The zero-order valence-corrected chi connectivity index (χ0v) is 18.5. The van der Waals surface area contributed by atoms with Crippen molar-refractivity contribution in [3.8, 4) is 0 Å². The van der Waals surface area contributed by atoms with Crippen LogP contribution in [0.15, 0.2) is 9.33 Å². The molecular weight excluding hydrogens is 410 g/mol. The van der Waals surface area contributed by atoms with Gasteiger partial charge in [-0.05, 0) is 26.2 Å². The lowest BCUT2D eigenvalue weighted by Crippen LogP contribution is -2.64. The SMILES string of the molecule is Cc1nnc(SCCCN2C(N3CCCCCC3)=NC3C2C(=O)NC(=O)N3C)s1. The Kier molecular flexibility index (Phi) is 6.23. The molecule has 3 aliphatic rings. The smallest absolute Gasteiger partial charge is 0.325 e. The normalized spacial score (nSPS) is 25.0. The lowest BCUT2D eigenvalue weighted by atomic mass is 10.1. The molecule has 1 aromatic heterocycles. The van der Waals surface area contributed by atoms with Crippen LogP contribution >= 0.6 is 23.1 Å². The van der Waals surface area contributed by atoms with Crippen molar-refractivity contribution in [1.29, 1.82) is 0 Å². The number of aryl methyl sites for hydroxylation is 1. The van der Waals surface area contributed by atoms with Crippen molar-refractivity contribution in [1.82, 2.24) is 30.2 Å². The average Bonchev–Trinajstić information content (AvgIpc) is 3.17. The molecule has 11 heteroatoms. The largest absolute Gasteiger partial charge is 0.343 e. The number of nitrogens with one attached hydrogen (secondary N) is 1. The van der Waals surface area contributed by atoms with Gasteiger partial charge < -0.3 is 14.7 Å². The van der Waals surface area contributed by atoms with Gasteiger partial charge in [-0.2, -0.15) is 0 Å². The van der Waals surface area contributed by atoms with Gasteiger partial charge in [-0.3, -0.25) is 10.1 Å². The molecule has 0 aliphatic carbocycles. The van der Waals surface area contributed by atoms with Crippen molar-refractivity contribution in [3.63, 3.8) is 0 Å². The van der Waals surface area contributed by atoms with Crippen molar-refractivity contribution in [2.75, 3.05) is 32.4 Å². The number of aromatic nitrogens is 2. The topological polar surface area (TPSA) is 94.0 Å². The number of rotatable bonds is 5. The molecule has 0 spiro atoms. The third-order valence-corrected chi connectivity index (χ3v) is 7.56. The van der Waals surface area contributed by atoms with Gasteiger partial charge in [0.05, 0.1) is 0 Å². The second kappa shape index (κ2) is 8.86. The summed E-state index contributed by atoms with van der Waals surface area (Å²) in [6.07, 6.45) is 5.17. The molecule has 9 nitrogen and oxygen atoms in total. The molecule has 0 aromatic carbocycles. The molecular formula is C18H27N7O2S2. The Morgan fingerprint density at radius 1 is 1.17 bits per heavy atom. The van der Waals surface area contributed by atoms with Crippen LogP contribution in [0.5, 0.6) is 0 Å². The number of fused-ring (bicyclic) bond motifs is 1. The zero-order valence-electron chi connectivity index (χ0n) is 16.8. The van der Waals surface area contributed by atoms with Gasteiger partial charge in [-0.15, -0.1) is 10.2 Å². The van der Waals surface area contributed by atoms with E-state index in [1.54, 1.807) is 35.0 Å². The van der Waals surface area contributed by atoms with E-state index in [0.29, 0.717) is 0 Å². The summed E-state index contributed by atoms with van der Waals surface area (Å²) in [5.41, 5.74) is 0. The van der Waals surface area contributed by atoms with Crippen molar-refractivity contribution < 1.29 is 9.59 Å². The predicted molar refractivity (Wildman–Crippen MR) is 113 cm³/mol. The average molecular weight is 438 g/mol. The van der Waals surface area contributed by atoms with E-state index in [9.17, 15) is 9.59 Å². The minimum absolute atomic E-state index is 0.251. The number of aliphatic imine (C=N–C) groups is 1. The van der Waals surface area contributed by atoms with Crippen molar-refractivity contribution in [3.05, 3.63) is 5.01 Å². The fourth-order valence-corrected chi connectivity index (χ4v) is 5.83. The fraction of sp³-hybridized carbons (Fsp3) is 0.722. The second-order valence-electron chi connectivity index (χ2n) is 7.58. The molecule has 2 atom stereocenters. The van der Waals surface area contributed by atoms with Crippen LogP contribution in [-0.4, -0.2) is 87.4 Å². The fourth-order valence-electron chi connectivity index (χ4n) is 4.02. The molecule has 2 fully saturated rings. The number of urea groups is 1. The summed E-state index contributed by atoms with van der Waals surface area (Å²) in [4.78, 5) is 35.6. The van der Waals surface area contributed by atoms with Crippen LogP contribution in [0, 0.1) is 6.92 Å². The van der Waals surface area contributed by atoms with Gasteiger partial charge >= 0.3 is 6.03 Å². The molecule has 0 saturated carbocycles. The third kappa shape index (κ3) is 4.35. The number of amides is 3. The number of nitrogens with zero attached hydrogens (tertiary/aromatic N) is 6. The lowest BCUT2D eigenvalue weighted by molar-refractivity contribution is -0.127. The van der Waals surface area contributed by atoms with E-state index in [2.05, 4.69) is 25.3 Å². The van der Waals surface area contributed by atoms with Crippen LogP contribution in [0.4, 0.5) is 4.79 Å². The summed E-state index contributed by atoms with van der Waals surface area (Å²) in [7, 11) is 1.71. The monoisotopic (exact) mass is 437 g/mol. The summed E-state index contributed by atoms with van der Waals surface area (Å²) in [5, 5.41) is 11.7. The molecule has 3 amide bonds. The first-order valence-corrected chi connectivity index (χ1v) is 11.9. The van der Waals surface area contributed by atoms with Gasteiger partial charge in [0.1, 0.15) is 5.01 Å². The summed E-state index contributed by atoms with van der Waals surface area (Å²) in [6, 6.07) is -0.830. The highest BCUT2D eigenvalue weighted by molar-refractivity contribution is 8.01. The first-order valence-electron chi connectivity index (χ1n) is 10.1. The first kappa shape index (κ1) is 20.4. The van der Waals surface area contributed by atoms with Gasteiger partial charge in [0.2, 0.25) is 0 Å². The Hall–Kier alpha value is -1.88. The highest BCUT2D eigenvalue weighted by Gasteiger charge is 2.49. The van der Waals surface area contributed by atoms with E-state index in [4.69, 9.17) is 4.99 Å². The minimum atomic E-state index is -0.454. The number of hydrogen-bond donors (Lipinski definition) is 1. The zero-order chi connectivity index (χ0) is 20.4. The highest BCUT2D eigenvalue weighted by Crippen LogP contribution is 2.28. The van der Waals surface area contributed by atoms with Crippen molar-refractivity contribution >= 4 is 41.0 Å². The van der Waals surface area contributed by atoms with Crippen LogP contribution in [0.2, 0.25) is 0 Å². The number of guanidine groups is 1. The van der Waals surface area contributed by atoms with Gasteiger partial charge in [0, 0.05) is 32.4 Å². The number of likely N-dealkylation sites (tertiary alicyclic amines) is 1. The van der Waals surface area contributed by atoms with E-state index in [0.717, 1.165) is 60.0 Å². The Balaban J connectivity index is 1.47. The summed E-state index contributed by atoms with van der Waals surface area (Å²) >= 11 is 3.30. The number of likely N-dealkylation sites (N-methyl/N-ethyl adjacent to an activating group) is 1. The van der Waals surface area contributed by atoms with E-state index < -0.39 is 12.2 Å². The quantitative estimate of drug-likeness (QED) is 0.554. The highest BCUT2D eigenvalue weighted by atomic mass is 32.2. The molecule has 29 heavy (non-hydrogen) atoms. The van der Waals surface area contributed by atoms with E-state index in [-0.39, 0.29) is 11.9 Å². The Morgan fingerprint density at radius 3 is 2.62 bits per heavy atom. The number of hydrogen-bond acceptors (Lipinski definition) is 9.